The van der Waals surface area contributed by atoms with Gasteiger partial charge in [-0.3, -0.25) is 0 Å². The quantitative estimate of drug-likeness (QED) is 0.597. The zero-order chi connectivity index (χ0) is 15.8. The maximum Gasteiger partial charge on any atom is 0.328 e. The number of ether oxygens (including phenoxy) is 2. The van der Waals surface area contributed by atoms with E-state index in [1.807, 2.05) is 36.4 Å². The minimum Gasteiger partial charge on any atom is -0.490 e. The zero-order valence-corrected chi connectivity index (χ0v) is 13.3. The van der Waals surface area contributed by atoms with Crippen molar-refractivity contribution < 1.29 is 19.4 Å². The van der Waals surface area contributed by atoms with Crippen molar-refractivity contribution in [2.75, 3.05) is 13.2 Å². The van der Waals surface area contributed by atoms with E-state index in [-0.39, 0.29) is 0 Å². The zero-order valence-electron chi connectivity index (χ0n) is 11.7. The molecule has 5 heteroatoms. The molecule has 0 unspecified atom stereocenters. The van der Waals surface area contributed by atoms with E-state index in [0.29, 0.717) is 24.5 Å². The first kappa shape index (κ1) is 16.1. The van der Waals surface area contributed by atoms with Gasteiger partial charge in [0.25, 0.3) is 0 Å². The van der Waals surface area contributed by atoms with Gasteiger partial charge in [0.15, 0.2) is 0 Å². The van der Waals surface area contributed by atoms with Gasteiger partial charge in [0.1, 0.15) is 24.7 Å². The van der Waals surface area contributed by atoms with Crippen LogP contribution >= 0.6 is 15.9 Å². The van der Waals surface area contributed by atoms with Gasteiger partial charge in [0.2, 0.25) is 0 Å². The Hall–Kier alpha value is -2.27. The maximum absolute atomic E-state index is 10.6. The van der Waals surface area contributed by atoms with E-state index in [1.54, 1.807) is 12.1 Å². The van der Waals surface area contributed by atoms with Crippen molar-refractivity contribution in [3.63, 3.8) is 0 Å². The van der Waals surface area contributed by atoms with Crippen LogP contribution < -0.4 is 9.47 Å². The summed E-state index contributed by atoms with van der Waals surface area (Å²) in [7, 11) is 0. The molecular formula is C17H15BrO4. The Labute approximate surface area is 137 Å². The number of carboxylic acids is 1. The predicted molar refractivity (Wildman–Crippen MR) is 88.2 cm³/mol. The molecule has 2 rings (SSSR count). The third kappa shape index (κ3) is 5.26. The van der Waals surface area contributed by atoms with Gasteiger partial charge in [-0.25, -0.2) is 4.79 Å². The number of carboxylic acid groups (broad SMARTS) is 1. The smallest absolute Gasteiger partial charge is 0.328 e. The monoisotopic (exact) mass is 362 g/mol. The van der Waals surface area contributed by atoms with Crippen LogP contribution in [0.3, 0.4) is 0 Å². The maximum atomic E-state index is 10.6. The highest BCUT2D eigenvalue weighted by Gasteiger charge is 2.01. The Morgan fingerprint density at radius 1 is 1.05 bits per heavy atom. The first-order valence-electron chi connectivity index (χ1n) is 6.66. The second kappa shape index (κ2) is 8.24. The Kier molecular flexibility index (Phi) is 6.03. The average Bonchev–Trinajstić information content (AvgIpc) is 2.52. The minimum atomic E-state index is -0.992. The SMILES string of the molecule is O=C(O)C=Cc1ccccc1OCCOc1ccc(Br)cc1. The van der Waals surface area contributed by atoms with Crippen LogP contribution in [-0.2, 0) is 4.79 Å². The lowest BCUT2D eigenvalue weighted by molar-refractivity contribution is -0.131. The minimum absolute atomic E-state index is 0.369. The highest BCUT2D eigenvalue weighted by molar-refractivity contribution is 9.10. The fraction of sp³-hybridized carbons (Fsp3) is 0.118. The first-order chi connectivity index (χ1) is 10.6. The summed E-state index contributed by atoms with van der Waals surface area (Å²) in [5, 5.41) is 8.67. The summed E-state index contributed by atoms with van der Waals surface area (Å²) >= 11 is 3.36. The average molecular weight is 363 g/mol. The number of hydrogen-bond acceptors (Lipinski definition) is 3. The molecule has 0 aliphatic carbocycles. The molecule has 0 radical (unpaired) electrons. The predicted octanol–water partition coefficient (Wildman–Crippen LogP) is 4.00. The van der Waals surface area contributed by atoms with E-state index >= 15 is 0 Å². The number of halogens is 1. The van der Waals surface area contributed by atoms with Crippen molar-refractivity contribution in [3.8, 4) is 11.5 Å². The molecule has 0 amide bonds. The lowest BCUT2D eigenvalue weighted by atomic mass is 10.2. The van der Waals surface area contributed by atoms with Gasteiger partial charge in [0.05, 0.1) is 0 Å². The Morgan fingerprint density at radius 2 is 1.73 bits per heavy atom. The number of carbonyl (C=O) groups is 1. The van der Waals surface area contributed by atoms with Crippen molar-refractivity contribution in [1.82, 2.24) is 0 Å². The fourth-order valence-electron chi connectivity index (χ4n) is 1.75. The topological polar surface area (TPSA) is 55.8 Å². The van der Waals surface area contributed by atoms with Crippen LogP contribution in [0, 0.1) is 0 Å². The molecule has 0 aliphatic heterocycles. The number of aliphatic carboxylic acids is 1. The third-order valence-electron chi connectivity index (χ3n) is 2.75. The van der Waals surface area contributed by atoms with Crippen molar-refractivity contribution in [1.29, 1.82) is 0 Å². The largest absolute Gasteiger partial charge is 0.490 e. The Bertz CT molecular complexity index is 650. The molecule has 0 heterocycles. The summed E-state index contributed by atoms with van der Waals surface area (Å²) in [5.41, 5.74) is 0.716. The van der Waals surface area contributed by atoms with Crippen LogP contribution in [0.15, 0.2) is 59.1 Å². The van der Waals surface area contributed by atoms with Crippen LogP contribution in [0.1, 0.15) is 5.56 Å². The third-order valence-corrected chi connectivity index (χ3v) is 3.28. The summed E-state index contributed by atoms with van der Waals surface area (Å²) < 4.78 is 12.2. The number of benzene rings is 2. The van der Waals surface area contributed by atoms with Crippen molar-refractivity contribution in [2.24, 2.45) is 0 Å². The highest BCUT2D eigenvalue weighted by atomic mass is 79.9. The van der Waals surface area contributed by atoms with Gasteiger partial charge in [-0.05, 0) is 36.4 Å². The van der Waals surface area contributed by atoms with E-state index in [9.17, 15) is 4.79 Å². The van der Waals surface area contributed by atoms with Gasteiger partial charge in [0, 0.05) is 16.1 Å². The Balaban J connectivity index is 1.86. The summed E-state index contributed by atoms with van der Waals surface area (Å²) in [4.78, 5) is 10.6. The van der Waals surface area contributed by atoms with Crippen LogP contribution in [0.2, 0.25) is 0 Å². The normalized spacial score (nSPS) is 10.6. The number of rotatable bonds is 7. The molecule has 0 bridgehead atoms. The molecule has 1 N–H and O–H groups in total. The first-order valence-corrected chi connectivity index (χ1v) is 7.45. The van der Waals surface area contributed by atoms with E-state index < -0.39 is 5.97 Å². The lowest BCUT2D eigenvalue weighted by Gasteiger charge is -2.10. The van der Waals surface area contributed by atoms with Gasteiger partial charge in [-0.15, -0.1) is 0 Å². The van der Waals surface area contributed by atoms with E-state index in [2.05, 4.69) is 15.9 Å². The molecule has 0 aliphatic rings. The summed E-state index contributed by atoms with van der Waals surface area (Å²) in [6, 6.07) is 14.8. The van der Waals surface area contributed by atoms with Gasteiger partial charge < -0.3 is 14.6 Å². The molecule has 0 aromatic heterocycles. The van der Waals surface area contributed by atoms with Crippen molar-refractivity contribution in [2.45, 2.75) is 0 Å². The molecule has 2 aromatic rings. The van der Waals surface area contributed by atoms with E-state index in [1.165, 1.54) is 6.08 Å². The molecule has 0 saturated heterocycles. The standard InChI is InChI=1S/C17H15BrO4/c18-14-6-8-15(9-7-14)21-11-12-22-16-4-2-1-3-13(16)5-10-17(19)20/h1-10H,11-12H2,(H,19,20). The second-order valence-corrected chi connectivity index (χ2v) is 5.28. The van der Waals surface area contributed by atoms with Gasteiger partial charge in [-0.2, -0.15) is 0 Å². The molecule has 2 aromatic carbocycles. The van der Waals surface area contributed by atoms with E-state index in [0.717, 1.165) is 16.3 Å². The molecule has 0 atom stereocenters. The lowest BCUT2D eigenvalue weighted by Crippen LogP contribution is -2.09. The van der Waals surface area contributed by atoms with Crippen LogP contribution in [0.5, 0.6) is 11.5 Å². The van der Waals surface area contributed by atoms with Crippen molar-refractivity contribution >= 4 is 28.0 Å². The Morgan fingerprint density at radius 3 is 2.45 bits per heavy atom. The van der Waals surface area contributed by atoms with Gasteiger partial charge >= 0.3 is 5.97 Å². The molecule has 0 spiro atoms. The summed E-state index contributed by atoms with van der Waals surface area (Å²) in [6.45, 7) is 0.770. The summed E-state index contributed by atoms with van der Waals surface area (Å²) in [5.74, 6) is 0.402. The van der Waals surface area contributed by atoms with Crippen LogP contribution in [-0.4, -0.2) is 24.3 Å². The molecular weight excluding hydrogens is 348 g/mol. The van der Waals surface area contributed by atoms with Crippen LogP contribution in [0.25, 0.3) is 6.08 Å². The van der Waals surface area contributed by atoms with Crippen molar-refractivity contribution in [3.05, 3.63) is 64.6 Å². The second-order valence-electron chi connectivity index (χ2n) is 4.36. The molecule has 0 fully saturated rings. The number of para-hydroxylation sites is 1. The molecule has 4 nitrogen and oxygen atoms in total. The van der Waals surface area contributed by atoms with Crippen LogP contribution in [0.4, 0.5) is 0 Å². The van der Waals surface area contributed by atoms with E-state index in [4.69, 9.17) is 14.6 Å². The number of hydrogen-bond donors (Lipinski definition) is 1. The molecule has 0 saturated carbocycles. The van der Waals surface area contributed by atoms with Gasteiger partial charge in [-0.1, -0.05) is 34.1 Å². The molecule has 114 valence electrons. The highest BCUT2D eigenvalue weighted by Crippen LogP contribution is 2.20. The summed E-state index contributed by atoms with van der Waals surface area (Å²) in [6.07, 6.45) is 2.59. The molecule has 22 heavy (non-hydrogen) atoms. The fourth-order valence-corrected chi connectivity index (χ4v) is 2.02.